The first kappa shape index (κ1) is 14.9. The van der Waals surface area contributed by atoms with Crippen molar-refractivity contribution in [3.05, 3.63) is 29.8 Å². The molecule has 1 saturated carbocycles. The van der Waals surface area contributed by atoms with Crippen molar-refractivity contribution in [2.75, 3.05) is 13.7 Å². The minimum atomic E-state index is 0.667. The average molecular weight is 288 g/mol. The standard InChI is InChI=1S/C18H28N2O/c1-21-15-7-4-6-14(12-15)13-20-18-9-3-2-8-16(18)17-10-5-11-19-17/h4,6-7,12,16-20H,2-3,5,8-11,13H2,1H3. The molecule has 1 aromatic rings. The van der Waals surface area contributed by atoms with Crippen LogP contribution in [0.4, 0.5) is 0 Å². The molecular formula is C18H28N2O. The fourth-order valence-electron chi connectivity index (χ4n) is 4.00. The van der Waals surface area contributed by atoms with Gasteiger partial charge in [0, 0.05) is 18.6 Å². The number of hydrogen-bond donors (Lipinski definition) is 2. The highest BCUT2D eigenvalue weighted by Gasteiger charge is 2.32. The van der Waals surface area contributed by atoms with Crippen molar-refractivity contribution in [1.82, 2.24) is 10.6 Å². The fourth-order valence-corrected chi connectivity index (χ4v) is 4.00. The first-order valence-electron chi connectivity index (χ1n) is 8.46. The molecule has 3 rings (SSSR count). The van der Waals surface area contributed by atoms with Gasteiger partial charge in [-0.1, -0.05) is 25.0 Å². The minimum absolute atomic E-state index is 0.667. The van der Waals surface area contributed by atoms with Gasteiger partial charge in [-0.05, 0) is 55.8 Å². The Bertz CT molecular complexity index is 443. The Hall–Kier alpha value is -1.06. The van der Waals surface area contributed by atoms with Crippen LogP contribution in [0.1, 0.15) is 44.1 Å². The summed E-state index contributed by atoms with van der Waals surface area (Å²) in [6.45, 7) is 2.16. The lowest BCUT2D eigenvalue weighted by Crippen LogP contribution is -2.46. The van der Waals surface area contributed by atoms with Gasteiger partial charge in [0.25, 0.3) is 0 Å². The second-order valence-corrected chi connectivity index (χ2v) is 6.49. The molecule has 0 aromatic heterocycles. The molecule has 3 atom stereocenters. The molecule has 1 saturated heterocycles. The Kier molecular flexibility index (Phi) is 5.15. The van der Waals surface area contributed by atoms with E-state index in [4.69, 9.17) is 4.74 Å². The van der Waals surface area contributed by atoms with Gasteiger partial charge >= 0.3 is 0 Å². The van der Waals surface area contributed by atoms with Gasteiger partial charge in [0.2, 0.25) is 0 Å². The summed E-state index contributed by atoms with van der Waals surface area (Å²) in [5, 5.41) is 7.53. The first-order chi connectivity index (χ1) is 10.4. The molecule has 1 aliphatic heterocycles. The first-order valence-corrected chi connectivity index (χ1v) is 8.46. The largest absolute Gasteiger partial charge is 0.497 e. The maximum absolute atomic E-state index is 5.31. The van der Waals surface area contributed by atoms with Crippen molar-refractivity contribution < 1.29 is 4.74 Å². The van der Waals surface area contributed by atoms with Crippen LogP contribution in [0.3, 0.4) is 0 Å². The third-order valence-corrected chi connectivity index (χ3v) is 5.14. The Morgan fingerprint density at radius 2 is 2.10 bits per heavy atom. The van der Waals surface area contributed by atoms with Crippen LogP contribution in [0.25, 0.3) is 0 Å². The van der Waals surface area contributed by atoms with Crippen LogP contribution in [0.15, 0.2) is 24.3 Å². The Balaban J connectivity index is 1.58. The molecule has 1 aliphatic carbocycles. The van der Waals surface area contributed by atoms with Crippen LogP contribution in [0.5, 0.6) is 5.75 Å². The van der Waals surface area contributed by atoms with E-state index in [1.54, 1.807) is 7.11 Å². The van der Waals surface area contributed by atoms with Crippen molar-refractivity contribution in [1.29, 1.82) is 0 Å². The molecule has 2 fully saturated rings. The maximum Gasteiger partial charge on any atom is 0.119 e. The third kappa shape index (κ3) is 3.78. The van der Waals surface area contributed by atoms with Crippen LogP contribution in [0, 0.1) is 5.92 Å². The molecule has 3 unspecified atom stereocenters. The molecule has 3 heteroatoms. The molecule has 2 N–H and O–H groups in total. The summed E-state index contributed by atoms with van der Waals surface area (Å²) >= 11 is 0. The maximum atomic E-state index is 5.31. The zero-order valence-electron chi connectivity index (χ0n) is 13.1. The van der Waals surface area contributed by atoms with Crippen molar-refractivity contribution in [3.8, 4) is 5.75 Å². The summed E-state index contributed by atoms with van der Waals surface area (Å²) in [6, 6.07) is 9.82. The molecule has 0 amide bonds. The summed E-state index contributed by atoms with van der Waals surface area (Å²) < 4.78 is 5.31. The molecule has 116 valence electrons. The van der Waals surface area contributed by atoms with Gasteiger partial charge in [0.15, 0.2) is 0 Å². The van der Waals surface area contributed by atoms with E-state index in [2.05, 4.69) is 28.8 Å². The molecule has 3 nitrogen and oxygen atoms in total. The van der Waals surface area contributed by atoms with E-state index in [1.807, 2.05) is 6.07 Å². The monoisotopic (exact) mass is 288 g/mol. The Morgan fingerprint density at radius 3 is 2.90 bits per heavy atom. The van der Waals surface area contributed by atoms with Crippen LogP contribution in [-0.2, 0) is 6.54 Å². The lowest BCUT2D eigenvalue weighted by Gasteiger charge is -2.36. The fraction of sp³-hybridized carbons (Fsp3) is 0.667. The average Bonchev–Trinajstić information content (AvgIpc) is 3.08. The quantitative estimate of drug-likeness (QED) is 0.873. The normalized spacial score (nSPS) is 29.5. The van der Waals surface area contributed by atoms with E-state index in [0.29, 0.717) is 6.04 Å². The summed E-state index contributed by atoms with van der Waals surface area (Å²) in [6.07, 6.45) is 8.20. The summed E-state index contributed by atoms with van der Waals surface area (Å²) in [7, 11) is 1.73. The van der Waals surface area contributed by atoms with Gasteiger partial charge in [-0.3, -0.25) is 0 Å². The lowest BCUT2D eigenvalue weighted by molar-refractivity contribution is 0.213. The molecule has 2 aliphatic rings. The third-order valence-electron chi connectivity index (χ3n) is 5.14. The van der Waals surface area contributed by atoms with Crippen molar-refractivity contribution in [3.63, 3.8) is 0 Å². The number of hydrogen-bond acceptors (Lipinski definition) is 3. The SMILES string of the molecule is COc1cccc(CNC2CCCCC2C2CCCN2)c1. The molecular weight excluding hydrogens is 260 g/mol. The predicted octanol–water partition coefficient (Wildman–Crippen LogP) is 3.10. The molecule has 0 spiro atoms. The van der Waals surface area contributed by atoms with E-state index >= 15 is 0 Å². The van der Waals surface area contributed by atoms with Gasteiger partial charge < -0.3 is 15.4 Å². The number of nitrogens with one attached hydrogen (secondary N) is 2. The van der Waals surface area contributed by atoms with Gasteiger partial charge in [-0.25, -0.2) is 0 Å². The minimum Gasteiger partial charge on any atom is -0.497 e. The smallest absolute Gasteiger partial charge is 0.119 e. The van der Waals surface area contributed by atoms with Crippen LogP contribution >= 0.6 is 0 Å². The number of benzene rings is 1. The number of ether oxygens (including phenoxy) is 1. The highest BCUT2D eigenvalue weighted by molar-refractivity contribution is 5.28. The highest BCUT2D eigenvalue weighted by atomic mass is 16.5. The zero-order chi connectivity index (χ0) is 14.5. The molecule has 21 heavy (non-hydrogen) atoms. The molecule has 1 aromatic carbocycles. The van der Waals surface area contributed by atoms with Crippen LogP contribution in [0.2, 0.25) is 0 Å². The van der Waals surface area contributed by atoms with E-state index in [9.17, 15) is 0 Å². The van der Waals surface area contributed by atoms with E-state index < -0.39 is 0 Å². The molecule has 0 bridgehead atoms. The van der Waals surface area contributed by atoms with E-state index in [1.165, 1.54) is 50.6 Å². The van der Waals surface area contributed by atoms with E-state index in [-0.39, 0.29) is 0 Å². The predicted molar refractivity (Wildman–Crippen MR) is 86.6 cm³/mol. The zero-order valence-corrected chi connectivity index (χ0v) is 13.1. The topological polar surface area (TPSA) is 33.3 Å². The van der Waals surface area contributed by atoms with Gasteiger partial charge in [0.05, 0.1) is 7.11 Å². The van der Waals surface area contributed by atoms with Crippen LogP contribution in [-0.4, -0.2) is 25.7 Å². The van der Waals surface area contributed by atoms with Crippen molar-refractivity contribution in [2.24, 2.45) is 5.92 Å². The Labute approximate surface area is 128 Å². The highest BCUT2D eigenvalue weighted by Crippen LogP contribution is 2.30. The van der Waals surface area contributed by atoms with E-state index in [0.717, 1.165) is 24.3 Å². The van der Waals surface area contributed by atoms with Gasteiger partial charge in [0.1, 0.15) is 5.75 Å². The van der Waals surface area contributed by atoms with Crippen molar-refractivity contribution >= 4 is 0 Å². The lowest BCUT2D eigenvalue weighted by atomic mass is 9.79. The summed E-state index contributed by atoms with van der Waals surface area (Å²) in [5.74, 6) is 1.76. The van der Waals surface area contributed by atoms with Crippen molar-refractivity contribution in [2.45, 2.75) is 57.2 Å². The van der Waals surface area contributed by atoms with Crippen LogP contribution < -0.4 is 15.4 Å². The van der Waals surface area contributed by atoms with Gasteiger partial charge in [-0.15, -0.1) is 0 Å². The summed E-state index contributed by atoms with van der Waals surface area (Å²) in [4.78, 5) is 0. The molecule has 0 radical (unpaired) electrons. The second kappa shape index (κ2) is 7.28. The second-order valence-electron chi connectivity index (χ2n) is 6.49. The van der Waals surface area contributed by atoms with Gasteiger partial charge in [-0.2, -0.15) is 0 Å². The molecule has 1 heterocycles. The number of methoxy groups -OCH3 is 1. The number of rotatable bonds is 5. The summed E-state index contributed by atoms with van der Waals surface area (Å²) in [5.41, 5.74) is 1.32. The Morgan fingerprint density at radius 1 is 1.19 bits per heavy atom.